The van der Waals surface area contributed by atoms with Gasteiger partial charge in [0.15, 0.2) is 0 Å². The zero-order valence-corrected chi connectivity index (χ0v) is 13.2. The highest BCUT2D eigenvalue weighted by Gasteiger charge is 2.20. The van der Waals surface area contributed by atoms with Crippen LogP contribution >= 0.6 is 31.9 Å². The predicted molar refractivity (Wildman–Crippen MR) is 77.6 cm³/mol. The molecule has 1 aromatic carbocycles. The summed E-state index contributed by atoms with van der Waals surface area (Å²) in [5.74, 6) is 6.06. The Morgan fingerprint density at radius 2 is 2.12 bits per heavy atom. The average Bonchev–Trinajstić information content (AvgIpc) is 2.30. The molecule has 0 aliphatic rings. The molecule has 0 heterocycles. The topological polar surface area (TPSA) is 47.3 Å². The summed E-state index contributed by atoms with van der Waals surface area (Å²) in [6.45, 7) is 2.91. The molecule has 0 aliphatic carbocycles. The summed E-state index contributed by atoms with van der Waals surface area (Å²) in [6.07, 6.45) is 0.966. The molecule has 0 saturated heterocycles. The number of rotatable bonds is 6. The fourth-order valence-corrected chi connectivity index (χ4v) is 3.08. The number of hydrazine groups is 1. The number of hydrogen-bond donors (Lipinski definition) is 2. The van der Waals surface area contributed by atoms with Crippen molar-refractivity contribution in [1.29, 1.82) is 0 Å². The van der Waals surface area contributed by atoms with Gasteiger partial charge in [0.25, 0.3) is 0 Å². The number of benzene rings is 1. The molecule has 5 heteroatoms. The smallest absolute Gasteiger partial charge is 0.0497 e. The van der Waals surface area contributed by atoms with Crippen molar-refractivity contribution in [2.24, 2.45) is 11.8 Å². The second kappa shape index (κ2) is 7.48. The van der Waals surface area contributed by atoms with Crippen LogP contribution in [0.3, 0.4) is 0 Å². The molecule has 0 radical (unpaired) electrons. The minimum atomic E-state index is 0.118. The first-order valence-electron chi connectivity index (χ1n) is 5.50. The first-order valence-corrected chi connectivity index (χ1v) is 7.08. The molecule has 0 aromatic heterocycles. The summed E-state index contributed by atoms with van der Waals surface area (Å²) in [7, 11) is 1.72. The van der Waals surface area contributed by atoms with Crippen molar-refractivity contribution in [1.82, 2.24) is 5.43 Å². The maximum absolute atomic E-state index is 5.66. The van der Waals surface area contributed by atoms with E-state index in [-0.39, 0.29) is 6.04 Å². The zero-order valence-electron chi connectivity index (χ0n) is 10.0. The number of methoxy groups -OCH3 is 1. The molecule has 0 saturated carbocycles. The lowest BCUT2D eigenvalue weighted by atomic mass is 9.93. The van der Waals surface area contributed by atoms with Gasteiger partial charge in [-0.15, -0.1) is 0 Å². The lowest BCUT2D eigenvalue weighted by Gasteiger charge is -2.24. The van der Waals surface area contributed by atoms with Gasteiger partial charge < -0.3 is 4.74 Å². The van der Waals surface area contributed by atoms with Crippen LogP contribution in [-0.2, 0) is 4.74 Å². The number of nitrogens with two attached hydrogens (primary N) is 1. The van der Waals surface area contributed by atoms with Crippen LogP contribution in [0.1, 0.15) is 24.9 Å². The fourth-order valence-electron chi connectivity index (χ4n) is 1.78. The Morgan fingerprint density at radius 1 is 1.41 bits per heavy atom. The van der Waals surface area contributed by atoms with E-state index >= 15 is 0 Å². The van der Waals surface area contributed by atoms with Gasteiger partial charge in [-0.1, -0.05) is 44.8 Å². The molecule has 0 fully saturated rings. The van der Waals surface area contributed by atoms with Crippen molar-refractivity contribution in [2.45, 2.75) is 19.4 Å². The fraction of sp³-hybridized carbons (Fsp3) is 0.500. The third kappa shape index (κ3) is 4.34. The SMILES string of the molecule is COCCC(C)C(NN)c1ccc(Br)cc1Br. The van der Waals surface area contributed by atoms with E-state index in [1.165, 1.54) is 5.56 Å². The lowest BCUT2D eigenvalue weighted by molar-refractivity contribution is 0.170. The third-order valence-electron chi connectivity index (χ3n) is 2.82. The molecule has 0 bridgehead atoms. The van der Waals surface area contributed by atoms with E-state index in [4.69, 9.17) is 10.6 Å². The van der Waals surface area contributed by atoms with Gasteiger partial charge >= 0.3 is 0 Å². The van der Waals surface area contributed by atoms with E-state index in [2.05, 4.69) is 50.3 Å². The van der Waals surface area contributed by atoms with Crippen molar-refractivity contribution < 1.29 is 4.74 Å². The number of nitrogens with one attached hydrogen (secondary N) is 1. The van der Waals surface area contributed by atoms with E-state index < -0.39 is 0 Å². The predicted octanol–water partition coefficient (Wildman–Crippen LogP) is 3.39. The summed E-state index contributed by atoms with van der Waals surface area (Å²) in [5.41, 5.74) is 4.05. The first-order chi connectivity index (χ1) is 8.10. The number of hydrogen-bond acceptors (Lipinski definition) is 3. The minimum Gasteiger partial charge on any atom is -0.385 e. The summed E-state index contributed by atoms with van der Waals surface area (Å²) >= 11 is 7.01. The Kier molecular flexibility index (Phi) is 6.66. The molecule has 1 aromatic rings. The maximum Gasteiger partial charge on any atom is 0.0497 e. The van der Waals surface area contributed by atoms with Gasteiger partial charge in [-0.3, -0.25) is 11.3 Å². The van der Waals surface area contributed by atoms with Gasteiger partial charge in [0.2, 0.25) is 0 Å². The van der Waals surface area contributed by atoms with Gasteiger partial charge in [0, 0.05) is 28.7 Å². The molecular formula is C12H18Br2N2O. The van der Waals surface area contributed by atoms with Crippen LogP contribution in [0.5, 0.6) is 0 Å². The second-order valence-corrected chi connectivity index (χ2v) is 5.84. The Morgan fingerprint density at radius 3 is 2.65 bits per heavy atom. The Bertz CT molecular complexity index is 360. The normalized spacial score (nSPS) is 14.6. The lowest BCUT2D eigenvalue weighted by Crippen LogP contribution is -2.33. The Balaban J connectivity index is 2.85. The second-order valence-electron chi connectivity index (χ2n) is 4.07. The van der Waals surface area contributed by atoms with Crippen LogP contribution < -0.4 is 11.3 Å². The van der Waals surface area contributed by atoms with Crippen LogP contribution in [0.15, 0.2) is 27.1 Å². The van der Waals surface area contributed by atoms with E-state index in [0.717, 1.165) is 22.0 Å². The van der Waals surface area contributed by atoms with Crippen molar-refractivity contribution in [3.63, 3.8) is 0 Å². The van der Waals surface area contributed by atoms with Crippen molar-refractivity contribution in [3.05, 3.63) is 32.7 Å². The Labute approximate surface area is 119 Å². The zero-order chi connectivity index (χ0) is 12.8. The highest BCUT2D eigenvalue weighted by atomic mass is 79.9. The average molecular weight is 366 g/mol. The molecule has 0 amide bonds. The van der Waals surface area contributed by atoms with Crippen LogP contribution in [0.4, 0.5) is 0 Å². The summed E-state index contributed by atoms with van der Waals surface area (Å²) < 4.78 is 7.21. The van der Waals surface area contributed by atoms with Crippen LogP contribution in [0.25, 0.3) is 0 Å². The summed E-state index contributed by atoms with van der Waals surface area (Å²) in [4.78, 5) is 0. The molecule has 1 rings (SSSR count). The summed E-state index contributed by atoms with van der Waals surface area (Å²) in [6, 6.07) is 6.24. The highest BCUT2D eigenvalue weighted by Crippen LogP contribution is 2.31. The van der Waals surface area contributed by atoms with E-state index in [1.807, 2.05) is 12.1 Å². The molecule has 17 heavy (non-hydrogen) atoms. The largest absolute Gasteiger partial charge is 0.385 e. The van der Waals surface area contributed by atoms with E-state index in [0.29, 0.717) is 5.92 Å². The molecule has 0 aliphatic heterocycles. The molecule has 3 nitrogen and oxygen atoms in total. The van der Waals surface area contributed by atoms with E-state index in [1.54, 1.807) is 7.11 Å². The molecule has 0 spiro atoms. The van der Waals surface area contributed by atoms with Crippen LogP contribution in [-0.4, -0.2) is 13.7 Å². The Hall–Kier alpha value is 0.0600. The highest BCUT2D eigenvalue weighted by molar-refractivity contribution is 9.11. The van der Waals surface area contributed by atoms with Crippen molar-refractivity contribution in [3.8, 4) is 0 Å². The monoisotopic (exact) mass is 364 g/mol. The van der Waals surface area contributed by atoms with Crippen LogP contribution in [0, 0.1) is 5.92 Å². The number of halogens is 2. The van der Waals surface area contributed by atoms with Crippen molar-refractivity contribution >= 4 is 31.9 Å². The first kappa shape index (κ1) is 15.1. The molecule has 2 atom stereocenters. The summed E-state index contributed by atoms with van der Waals surface area (Å²) in [5, 5.41) is 0. The molecular weight excluding hydrogens is 348 g/mol. The van der Waals surface area contributed by atoms with Gasteiger partial charge in [0.05, 0.1) is 0 Å². The van der Waals surface area contributed by atoms with Crippen molar-refractivity contribution in [2.75, 3.05) is 13.7 Å². The number of ether oxygens (including phenoxy) is 1. The quantitative estimate of drug-likeness (QED) is 0.600. The van der Waals surface area contributed by atoms with Gasteiger partial charge in [-0.05, 0) is 30.0 Å². The molecule has 3 N–H and O–H groups in total. The maximum atomic E-state index is 5.66. The third-order valence-corrected chi connectivity index (χ3v) is 4.00. The van der Waals surface area contributed by atoms with Gasteiger partial charge in [0.1, 0.15) is 0 Å². The van der Waals surface area contributed by atoms with Crippen LogP contribution in [0.2, 0.25) is 0 Å². The molecule has 2 unspecified atom stereocenters. The molecule has 96 valence electrons. The standard InChI is InChI=1S/C12H18Br2N2O/c1-8(5-6-17-2)12(16-15)10-4-3-9(13)7-11(10)14/h3-4,7-8,12,16H,5-6,15H2,1-2H3. The minimum absolute atomic E-state index is 0.118. The van der Waals surface area contributed by atoms with Gasteiger partial charge in [-0.2, -0.15) is 0 Å². The van der Waals surface area contributed by atoms with Gasteiger partial charge in [-0.25, -0.2) is 0 Å². The van der Waals surface area contributed by atoms with E-state index in [9.17, 15) is 0 Å².